The van der Waals surface area contributed by atoms with Gasteiger partial charge in [-0.25, -0.2) is 4.79 Å². The lowest BCUT2D eigenvalue weighted by atomic mass is 10.1. The molecule has 1 aliphatic heterocycles. The van der Waals surface area contributed by atoms with Crippen LogP contribution in [-0.2, 0) is 0 Å². The molecule has 1 aromatic carbocycles. The van der Waals surface area contributed by atoms with Crippen LogP contribution in [-0.4, -0.2) is 43.0 Å². The lowest BCUT2D eigenvalue weighted by molar-refractivity contribution is 0.262. The molecule has 9 heteroatoms. The van der Waals surface area contributed by atoms with Gasteiger partial charge in [-0.3, -0.25) is 5.32 Å². The number of nitrogens with one attached hydrogen (secondary N) is 2. The summed E-state index contributed by atoms with van der Waals surface area (Å²) in [6, 6.07) is 5.23. The zero-order valence-corrected chi connectivity index (χ0v) is 15.9. The fraction of sp³-hybridized carbons (Fsp3) is 0.471. The molecule has 0 spiro atoms. The highest BCUT2D eigenvalue weighted by Crippen LogP contribution is 2.31. The maximum atomic E-state index is 12.2. The summed E-state index contributed by atoms with van der Waals surface area (Å²) in [6.07, 6.45) is 3.56. The lowest BCUT2D eigenvalue weighted by Crippen LogP contribution is -2.37. The van der Waals surface area contributed by atoms with Gasteiger partial charge in [-0.2, -0.15) is 0 Å². The second-order valence-corrected chi connectivity index (χ2v) is 7.03. The Morgan fingerprint density at radius 2 is 2.00 bits per heavy atom. The van der Waals surface area contributed by atoms with Crippen LogP contribution in [0.15, 0.2) is 18.2 Å². The predicted octanol–water partition coefficient (Wildman–Crippen LogP) is 3.58. The van der Waals surface area contributed by atoms with Gasteiger partial charge < -0.3 is 19.7 Å². The molecule has 1 atom stereocenters. The van der Waals surface area contributed by atoms with E-state index >= 15 is 0 Å². The van der Waals surface area contributed by atoms with Gasteiger partial charge in [-0.05, 0) is 38.3 Å². The Balaban J connectivity index is 1.62. The van der Waals surface area contributed by atoms with Crippen LogP contribution >= 0.6 is 11.3 Å². The van der Waals surface area contributed by atoms with Gasteiger partial charge in [0.2, 0.25) is 10.3 Å². The number of urea groups is 1. The number of piperidine rings is 1. The Labute approximate surface area is 156 Å². The van der Waals surface area contributed by atoms with Crippen LogP contribution in [0.25, 0.3) is 0 Å². The Kier molecular flexibility index (Phi) is 5.77. The van der Waals surface area contributed by atoms with Crippen molar-refractivity contribution >= 4 is 33.3 Å². The smallest absolute Gasteiger partial charge is 0.325 e. The topological polar surface area (TPSA) is 88.6 Å². The predicted molar refractivity (Wildman–Crippen MR) is 103 cm³/mol. The summed E-state index contributed by atoms with van der Waals surface area (Å²) in [7, 11) is 3.11. The standard InChI is InChI=1S/C17H23N5O3S/c1-11-6-4-5-9-22(11)17-21-20-16(26-17)19-15(23)18-12-7-8-13(24-2)14(10-12)25-3/h7-8,10-11H,4-6,9H2,1-3H3,(H2,18,19,20,23)/t11-/m1/s1. The maximum Gasteiger partial charge on any atom is 0.325 e. The summed E-state index contributed by atoms with van der Waals surface area (Å²) in [4.78, 5) is 14.5. The first-order valence-corrected chi connectivity index (χ1v) is 9.32. The number of anilines is 3. The zero-order chi connectivity index (χ0) is 18.5. The largest absolute Gasteiger partial charge is 0.493 e. The van der Waals surface area contributed by atoms with Crippen LogP contribution in [0.1, 0.15) is 26.2 Å². The second-order valence-electron chi connectivity index (χ2n) is 6.08. The molecule has 2 N–H and O–H groups in total. The summed E-state index contributed by atoms with van der Waals surface area (Å²) in [5, 5.41) is 15.1. The van der Waals surface area contributed by atoms with E-state index in [9.17, 15) is 4.79 Å². The Bertz CT molecular complexity index is 767. The van der Waals surface area contributed by atoms with Crippen LogP contribution in [0.5, 0.6) is 11.5 Å². The number of methoxy groups -OCH3 is 2. The number of carbonyl (C=O) groups excluding carboxylic acids is 1. The van der Waals surface area contributed by atoms with Gasteiger partial charge >= 0.3 is 6.03 Å². The van der Waals surface area contributed by atoms with E-state index in [-0.39, 0.29) is 6.03 Å². The molecule has 140 valence electrons. The second kappa shape index (κ2) is 8.22. The number of hydrogen-bond acceptors (Lipinski definition) is 7. The summed E-state index contributed by atoms with van der Waals surface area (Å²) in [6.45, 7) is 3.17. The highest BCUT2D eigenvalue weighted by molar-refractivity contribution is 7.19. The van der Waals surface area contributed by atoms with Crippen molar-refractivity contribution in [3.63, 3.8) is 0 Å². The molecule has 3 rings (SSSR count). The molecule has 1 aromatic heterocycles. The first-order valence-electron chi connectivity index (χ1n) is 8.51. The highest BCUT2D eigenvalue weighted by atomic mass is 32.1. The number of carbonyl (C=O) groups is 1. The van der Waals surface area contributed by atoms with Gasteiger partial charge in [-0.15, -0.1) is 10.2 Å². The first-order chi connectivity index (χ1) is 12.6. The molecule has 2 amide bonds. The quantitative estimate of drug-likeness (QED) is 0.828. The van der Waals surface area contributed by atoms with Gasteiger partial charge in [0.25, 0.3) is 0 Å². The van der Waals surface area contributed by atoms with Crippen LogP contribution in [0.2, 0.25) is 0 Å². The molecular weight excluding hydrogens is 354 g/mol. The Morgan fingerprint density at radius 3 is 2.73 bits per heavy atom. The van der Waals surface area contributed by atoms with Crippen molar-refractivity contribution < 1.29 is 14.3 Å². The number of rotatable bonds is 5. The molecule has 1 fully saturated rings. The van der Waals surface area contributed by atoms with Gasteiger partial charge in [0, 0.05) is 24.3 Å². The van der Waals surface area contributed by atoms with E-state index in [1.165, 1.54) is 17.8 Å². The minimum absolute atomic E-state index is 0.383. The molecule has 2 heterocycles. The molecule has 0 bridgehead atoms. The average Bonchev–Trinajstić information content (AvgIpc) is 3.10. The van der Waals surface area contributed by atoms with E-state index in [0.29, 0.717) is 28.4 Å². The molecule has 0 saturated carbocycles. The monoisotopic (exact) mass is 377 g/mol. The maximum absolute atomic E-state index is 12.2. The van der Waals surface area contributed by atoms with Crippen LogP contribution in [0.3, 0.4) is 0 Å². The Morgan fingerprint density at radius 1 is 1.19 bits per heavy atom. The Hall–Kier alpha value is -2.55. The van der Waals surface area contributed by atoms with Crippen molar-refractivity contribution in [2.75, 3.05) is 36.3 Å². The fourth-order valence-electron chi connectivity index (χ4n) is 2.94. The lowest BCUT2D eigenvalue weighted by Gasteiger charge is -2.32. The van der Waals surface area contributed by atoms with E-state index in [2.05, 4.69) is 32.7 Å². The number of nitrogens with zero attached hydrogens (tertiary/aromatic N) is 3. The number of benzene rings is 1. The van der Waals surface area contributed by atoms with Crippen molar-refractivity contribution in [1.29, 1.82) is 0 Å². The van der Waals surface area contributed by atoms with Crippen molar-refractivity contribution in [2.24, 2.45) is 0 Å². The summed E-state index contributed by atoms with van der Waals surface area (Å²) < 4.78 is 10.4. The molecule has 2 aromatic rings. The number of ether oxygens (including phenoxy) is 2. The normalized spacial score (nSPS) is 16.9. The minimum atomic E-state index is -0.383. The van der Waals surface area contributed by atoms with Crippen LogP contribution < -0.4 is 25.0 Å². The van der Waals surface area contributed by atoms with Crippen molar-refractivity contribution in [2.45, 2.75) is 32.2 Å². The molecule has 0 radical (unpaired) electrons. The van der Waals surface area contributed by atoms with E-state index in [1.54, 1.807) is 32.4 Å². The average molecular weight is 377 g/mol. The molecule has 1 saturated heterocycles. The van der Waals surface area contributed by atoms with Gasteiger partial charge in [0.1, 0.15) is 0 Å². The summed E-state index contributed by atoms with van der Waals surface area (Å²) in [5.41, 5.74) is 0.592. The van der Waals surface area contributed by atoms with Crippen molar-refractivity contribution in [1.82, 2.24) is 10.2 Å². The molecule has 8 nitrogen and oxygen atoms in total. The summed E-state index contributed by atoms with van der Waals surface area (Å²) in [5.74, 6) is 1.14. The first kappa shape index (κ1) is 18.2. The fourth-order valence-corrected chi connectivity index (χ4v) is 3.81. The number of hydrogen-bond donors (Lipinski definition) is 2. The molecule has 0 aliphatic carbocycles. The molecular formula is C17H23N5O3S. The third kappa shape index (κ3) is 4.16. The van der Waals surface area contributed by atoms with E-state index < -0.39 is 0 Å². The van der Waals surface area contributed by atoms with Gasteiger partial charge in [0.15, 0.2) is 11.5 Å². The third-order valence-electron chi connectivity index (χ3n) is 4.32. The zero-order valence-electron chi connectivity index (χ0n) is 15.1. The van der Waals surface area contributed by atoms with Crippen molar-refractivity contribution in [3.8, 4) is 11.5 Å². The van der Waals surface area contributed by atoms with E-state index in [4.69, 9.17) is 9.47 Å². The molecule has 0 unspecified atom stereocenters. The van der Waals surface area contributed by atoms with Gasteiger partial charge in [0.05, 0.1) is 14.2 Å². The highest BCUT2D eigenvalue weighted by Gasteiger charge is 2.22. The summed E-state index contributed by atoms with van der Waals surface area (Å²) >= 11 is 1.38. The molecule has 26 heavy (non-hydrogen) atoms. The van der Waals surface area contributed by atoms with Crippen LogP contribution in [0.4, 0.5) is 20.7 Å². The number of amides is 2. The van der Waals surface area contributed by atoms with Crippen LogP contribution in [0, 0.1) is 0 Å². The van der Waals surface area contributed by atoms with Crippen molar-refractivity contribution in [3.05, 3.63) is 18.2 Å². The third-order valence-corrected chi connectivity index (χ3v) is 5.20. The number of aromatic nitrogens is 2. The molecule has 1 aliphatic rings. The van der Waals surface area contributed by atoms with Gasteiger partial charge in [-0.1, -0.05) is 11.3 Å². The minimum Gasteiger partial charge on any atom is -0.493 e. The van der Waals surface area contributed by atoms with E-state index in [1.807, 2.05) is 0 Å². The van der Waals surface area contributed by atoms with E-state index in [0.717, 1.165) is 24.5 Å². The SMILES string of the molecule is COc1ccc(NC(=O)Nc2nnc(N3CCCC[C@H]3C)s2)cc1OC.